The Labute approximate surface area is 122 Å². The minimum Gasteiger partial charge on any atom is -0.469 e. The van der Waals surface area contributed by atoms with Crippen molar-refractivity contribution in [2.45, 2.75) is 57.9 Å². The van der Waals surface area contributed by atoms with Crippen molar-refractivity contribution >= 4 is 16.0 Å². The monoisotopic (exact) mass is 305 g/mol. The summed E-state index contributed by atoms with van der Waals surface area (Å²) in [5.74, 6) is 0.416. The van der Waals surface area contributed by atoms with Gasteiger partial charge in [0.2, 0.25) is 10.0 Å². The fourth-order valence-corrected chi connectivity index (χ4v) is 4.25. The van der Waals surface area contributed by atoms with Crippen LogP contribution in [0.25, 0.3) is 0 Å². The van der Waals surface area contributed by atoms with Gasteiger partial charge in [-0.3, -0.25) is 4.79 Å². The molecule has 1 aliphatic rings. The summed E-state index contributed by atoms with van der Waals surface area (Å²) in [4.78, 5) is 11.0. The highest BCUT2D eigenvalue weighted by Crippen LogP contribution is 2.30. The molecule has 1 rings (SSSR count). The van der Waals surface area contributed by atoms with Crippen molar-refractivity contribution in [2.75, 3.05) is 19.9 Å². The van der Waals surface area contributed by atoms with Crippen molar-refractivity contribution in [1.29, 1.82) is 0 Å². The SMILES string of the molecule is CCC1CCC(N(C)S(=O)(=O)CCCC(=O)OC)CC1. The Kier molecular flexibility index (Phi) is 6.95. The van der Waals surface area contributed by atoms with E-state index < -0.39 is 10.0 Å². The minimum absolute atomic E-state index is 0.0201. The molecule has 0 bridgehead atoms. The molecule has 0 saturated heterocycles. The summed E-state index contributed by atoms with van der Waals surface area (Å²) in [6.07, 6.45) is 5.79. The summed E-state index contributed by atoms with van der Waals surface area (Å²) in [6.45, 7) is 2.19. The normalized spacial score (nSPS) is 23.8. The second kappa shape index (κ2) is 7.98. The third kappa shape index (κ3) is 5.05. The zero-order valence-electron chi connectivity index (χ0n) is 12.8. The number of carbonyl (C=O) groups is 1. The number of ether oxygens (including phenoxy) is 1. The molecule has 1 saturated carbocycles. The Morgan fingerprint density at radius 1 is 1.25 bits per heavy atom. The Hall–Kier alpha value is -0.620. The molecule has 1 fully saturated rings. The van der Waals surface area contributed by atoms with Gasteiger partial charge in [0.05, 0.1) is 12.9 Å². The lowest BCUT2D eigenvalue weighted by Gasteiger charge is -2.33. The second-order valence-electron chi connectivity index (χ2n) is 5.59. The van der Waals surface area contributed by atoms with E-state index in [-0.39, 0.29) is 24.2 Å². The van der Waals surface area contributed by atoms with Crippen molar-refractivity contribution in [3.63, 3.8) is 0 Å². The molecule has 0 aliphatic heterocycles. The van der Waals surface area contributed by atoms with Crippen LogP contribution in [0.3, 0.4) is 0 Å². The molecule has 0 amide bonds. The minimum atomic E-state index is -3.26. The smallest absolute Gasteiger partial charge is 0.305 e. The summed E-state index contributed by atoms with van der Waals surface area (Å²) in [7, 11) is -0.277. The molecule has 118 valence electrons. The first-order valence-electron chi connectivity index (χ1n) is 7.43. The predicted molar refractivity (Wildman–Crippen MR) is 78.8 cm³/mol. The highest BCUT2D eigenvalue weighted by atomic mass is 32.2. The van der Waals surface area contributed by atoms with E-state index in [0.29, 0.717) is 6.42 Å². The molecule has 5 nitrogen and oxygen atoms in total. The number of nitrogens with zero attached hydrogens (tertiary/aromatic N) is 1. The lowest BCUT2D eigenvalue weighted by Crippen LogP contribution is -2.40. The van der Waals surface area contributed by atoms with Gasteiger partial charge in [-0.15, -0.1) is 0 Å². The van der Waals surface area contributed by atoms with Crippen LogP contribution in [0.4, 0.5) is 0 Å². The van der Waals surface area contributed by atoms with Crippen molar-refractivity contribution in [3.05, 3.63) is 0 Å². The van der Waals surface area contributed by atoms with Crippen LogP contribution in [0.2, 0.25) is 0 Å². The van der Waals surface area contributed by atoms with Crippen LogP contribution in [0.15, 0.2) is 0 Å². The number of hydrogen-bond donors (Lipinski definition) is 0. The van der Waals surface area contributed by atoms with Crippen LogP contribution < -0.4 is 0 Å². The molecule has 20 heavy (non-hydrogen) atoms. The molecule has 0 N–H and O–H groups in total. The van der Waals surface area contributed by atoms with Crippen LogP contribution in [0.1, 0.15) is 51.9 Å². The van der Waals surface area contributed by atoms with Crippen molar-refractivity contribution in [3.8, 4) is 0 Å². The van der Waals surface area contributed by atoms with Crippen molar-refractivity contribution < 1.29 is 17.9 Å². The van der Waals surface area contributed by atoms with Crippen LogP contribution in [0.5, 0.6) is 0 Å². The molecule has 0 radical (unpaired) electrons. The molecule has 6 heteroatoms. The van der Waals surface area contributed by atoms with Crippen LogP contribution in [-0.2, 0) is 19.6 Å². The number of methoxy groups -OCH3 is 1. The van der Waals surface area contributed by atoms with Gasteiger partial charge in [-0.25, -0.2) is 12.7 Å². The van der Waals surface area contributed by atoms with Crippen molar-refractivity contribution in [2.24, 2.45) is 5.92 Å². The molecule has 0 heterocycles. The quantitative estimate of drug-likeness (QED) is 0.676. The van der Waals surface area contributed by atoms with E-state index in [1.807, 2.05) is 0 Å². The number of hydrogen-bond acceptors (Lipinski definition) is 4. The first kappa shape index (κ1) is 17.4. The van der Waals surface area contributed by atoms with Gasteiger partial charge in [-0.05, 0) is 38.0 Å². The molecule has 0 spiro atoms. The molecule has 0 aromatic carbocycles. The Morgan fingerprint density at radius 3 is 2.35 bits per heavy atom. The summed E-state index contributed by atoms with van der Waals surface area (Å²) < 4.78 is 30.5. The molecule has 1 aliphatic carbocycles. The number of sulfonamides is 1. The van der Waals surface area contributed by atoms with Crippen LogP contribution >= 0.6 is 0 Å². The first-order valence-corrected chi connectivity index (χ1v) is 9.04. The van der Waals surface area contributed by atoms with Gasteiger partial charge >= 0.3 is 5.97 Å². The summed E-state index contributed by atoms with van der Waals surface area (Å²) in [5, 5.41) is 0. The lowest BCUT2D eigenvalue weighted by atomic mass is 9.85. The zero-order chi connectivity index (χ0) is 15.2. The van der Waals surface area contributed by atoms with E-state index in [1.54, 1.807) is 7.05 Å². The number of carbonyl (C=O) groups excluding carboxylic acids is 1. The predicted octanol–water partition coefficient (Wildman–Crippen LogP) is 2.17. The van der Waals surface area contributed by atoms with Crippen molar-refractivity contribution in [1.82, 2.24) is 4.31 Å². The third-order valence-electron chi connectivity index (χ3n) is 4.36. The summed E-state index contributed by atoms with van der Waals surface area (Å²) in [5.41, 5.74) is 0. The average Bonchev–Trinajstić information content (AvgIpc) is 2.46. The second-order valence-corrected chi connectivity index (χ2v) is 7.74. The largest absolute Gasteiger partial charge is 0.469 e. The summed E-state index contributed by atoms with van der Waals surface area (Å²) >= 11 is 0. The maximum Gasteiger partial charge on any atom is 0.305 e. The maximum absolute atomic E-state index is 12.2. The van der Waals surface area contributed by atoms with E-state index in [1.165, 1.54) is 17.8 Å². The first-order chi connectivity index (χ1) is 9.40. The highest BCUT2D eigenvalue weighted by Gasteiger charge is 2.29. The molecule has 0 unspecified atom stereocenters. The maximum atomic E-state index is 12.2. The molecule has 0 atom stereocenters. The fourth-order valence-electron chi connectivity index (χ4n) is 2.79. The molecular weight excluding hydrogens is 278 g/mol. The van der Waals surface area contributed by atoms with E-state index in [9.17, 15) is 13.2 Å². The number of rotatable bonds is 7. The third-order valence-corrected chi connectivity index (χ3v) is 6.34. The van der Waals surface area contributed by atoms with Gasteiger partial charge in [0.15, 0.2) is 0 Å². The van der Waals surface area contributed by atoms with Gasteiger partial charge in [0.25, 0.3) is 0 Å². The van der Waals surface area contributed by atoms with E-state index in [2.05, 4.69) is 11.7 Å². The lowest BCUT2D eigenvalue weighted by molar-refractivity contribution is -0.140. The van der Waals surface area contributed by atoms with E-state index >= 15 is 0 Å². The summed E-state index contributed by atoms with van der Waals surface area (Å²) in [6, 6.07) is 0.126. The standard InChI is InChI=1S/C14H27NO4S/c1-4-12-7-9-13(10-8-12)15(2)20(17,18)11-5-6-14(16)19-3/h12-13H,4-11H2,1-3H3. The Morgan fingerprint density at radius 2 is 1.85 bits per heavy atom. The fraction of sp³-hybridized carbons (Fsp3) is 0.929. The van der Waals surface area contributed by atoms with E-state index in [0.717, 1.165) is 31.6 Å². The topological polar surface area (TPSA) is 63.7 Å². The van der Waals surface area contributed by atoms with Gasteiger partial charge in [-0.2, -0.15) is 0 Å². The van der Waals surface area contributed by atoms with E-state index in [4.69, 9.17) is 0 Å². The highest BCUT2D eigenvalue weighted by molar-refractivity contribution is 7.89. The van der Waals surface area contributed by atoms with Crippen LogP contribution in [0, 0.1) is 5.92 Å². The van der Waals surface area contributed by atoms with Gasteiger partial charge in [-0.1, -0.05) is 13.3 Å². The molecule has 0 aromatic rings. The zero-order valence-corrected chi connectivity index (χ0v) is 13.6. The molecule has 0 aromatic heterocycles. The van der Waals surface area contributed by atoms with Gasteiger partial charge < -0.3 is 4.74 Å². The Balaban J connectivity index is 2.44. The Bertz CT molecular complexity index is 399. The van der Waals surface area contributed by atoms with Crippen LogP contribution in [-0.4, -0.2) is 44.6 Å². The average molecular weight is 305 g/mol. The number of esters is 1. The van der Waals surface area contributed by atoms with Gasteiger partial charge in [0.1, 0.15) is 0 Å². The molecular formula is C14H27NO4S. The van der Waals surface area contributed by atoms with Gasteiger partial charge in [0, 0.05) is 19.5 Å².